The Morgan fingerprint density at radius 2 is 1.79 bits per heavy atom. The molecule has 174 valence electrons. The molecule has 0 spiro atoms. The number of para-hydroxylation sites is 1. The van der Waals surface area contributed by atoms with Crippen molar-refractivity contribution in [1.82, 2.24) is 9.55 Å². The van der Waals surface area contributed by atoms with Crippen molar-refractivity contribution in [2.45, 2.75) is 13.5 Å². The average Bonchev–Trinajstić information content (AvgIpc) is 2.78. The molecule has 12 heteroatoms. The minimum absolute atomic E-state index is 0.0659. The van der Waals surface area contributed by atoms with E-state index in [1.54, 1.807) is 37.3 Å². The van der Waals surface area contributed by atoms with Crippen LogP contribution in [0.5, 0.6) is 5.75 Å². The zero-order valence-electron chi connectivity index (χ0n) is 17.5. The highest BCUT2D eigenvalue weighted by atomic mass is 16.6. The summed E-state index contributed by atoms with van der Waals surface area (Å²) in [5, 5.41) is 26.4. The number of hydrogen-bond donors (Lipinski definition) is 2. The van der Waals surface area contributed by atoms with Crippen molar-refractivity contribution in [1.29, 1.82) is 0 Å². The van der Waals surface area contributed by atoms with Crippen LogP contribution in [0.2, 0.25) is 0 Å². The Balaban J connectivity index is 0.000000569. The molecule has 12 nitrogen and oxygen atoms in total. The molecule has 1 heterocycles. The fourth-order valence-electron chi connectivity index (χ4n) is 2.63. The van der Waals surface area contributed by atoms with Crippen LogP contribution in [-0.4, -0.2) is 56.4 Å². The van der Waals surface area contributed by atoms with E-state index in [2.05, 4.69) is 4.98 Å². The molecule has 1 aromatic heterocycles. The molecule has 0 amide bonds. The van der Waals surface area contributed by atoms with Gasteiger partial charge in [0.1, 0.15) is 6.61 Å². The number of aryl methyl sites for hydroxylation is 1. The fourth-order valence-corrected chi connectivity index (χ4v) is 2.63. The third-order valence-electron chi connectivity index (χ3n) is 4.19. The summed E-state index contributed by atoms with van der Waals surface area (Å²) in [5.74, 6) is -3.44. The molecular formula is C21H21N3O9. The molecule has 0 aliphatic carbocycles. The number of fused-ring (bicyclic) bond motifs is 1. The van der Waals surface area contributed by atoms with Gasteiger partial charge in [0.25, 0.3) is 5.56 Å². The molecule has 0 saturated heterocycles. The van der Waals surface area contributed by atoms with Crippen molar-refractivity contribution >= 4 is 28.5 Å². The quantitative estimate of drug-likeness (QED) is 0.219. The Hall–Kier alpha value is -4.32. The van der Waals surface area contributed by atoms with Gasteiger partial charge in [0, 0.05) is 6.07 Å². The van der Waals surface area contributed by atoms with Crippen LogP contribution in [0.3, 0.4) is 0 Å². The van der Waals surface area contributed by atoms with Crippen LogP contribution in [-0.2, 0) is 20.9 Å². The molecule has 0 unspecified atom stereocenters. The van der Waals surface area contributed by atoms with Gasteiger partial charge in [0.2, 0.25) is 0 Å². The van der Waals surface area contributed by atoms with Crippen molar-refractivity contribution in [2.75, 3.05) is 19.8 Å². The third-order valence-corrected chi connectivity index (χ3v) is 4.19. The Morgan fingerprint density at radius 3 is 2.45 bits per heavy atom. The minimum atomic E-state index is -1.82. The third kappa shape index (κ3) is 7.40. The molecule has 3 aromatic rings. The molecule has 0 aliphatic heterocycles. The number of hydrogen-bond acceptors (Lipinski definition) is 8. The Morgan fingerprint density at radius 1 is 1.09 bits per heavy atom. The molecule has 2 aromatic carbocycles. The van der Waals surface area contributed by atoms with E-state index in [-0.39, 0.29) is 30.2 Å². The minimum Gasteiger partial charge on any atom is -0.484 e. The zero-order valence-corrected chi connectivity index (χ0v) is 17.5. The number of benzene rings is 2. The van der Waals surface area contributed by atoms with E-state index >= 15 is 0 Å². The molecular weight excluding hydrogens is 438 g/mol. The lowest BCUT2D eigenvalue weighted by atomic mass is 10.2. The van der Waals surface area contributed by atoms with E-state index in [0.29, 0.717) is 24.1 Å². The maximum atomic E-state index is 12.3. The van der Waals surface area contributed by atoms with Crippen molar-refractivity contribution < 1.29 is 34.2 Å². The van der Waals surface area contributed by atoms with E-state index in [0.717, 1.165) is 5.56 Å². The predicted octanol–water partition coefficient (Wildman–Crippen LogP) is 1.86. The van der Waals surface area contributed by atoms with Gasteiger partial charge in [0.15, 0.2) is 5.75 Å². The average molecular weight is 459 g/mol. The van der Waals surface area contributed by atoms with Gasteiger partial charge in [-0.15, -0.1) is 0 Å². The maximum absolute atomic E-state index is 12.3. The van der Waals surface area contributed by atoms with Crippen LogP contribution >= 0.6 is 0 Å². The number of aromatic nitrogens is 2. The first-order valence-corrected chi connectivity index (χ1v) is 9.56. The van der Waals surface area contributed by atoms with Crippen LogP contribution < -0.4 is 10.3 Å². The van der Waals surface area contributed by atoms with Gasteiger partial charge in [-0.1, -0.05) is 18.2 Å². The van der Waals surface area contributed by atoms with Gasteiger partial charge in [-0.25, -0.2) is 14.6 Å². The van der Waals surface area contributed by atoms with E-state index in [4.69, 9.17) is 29.3 Å². The summed E-state index contributed by atoms with van der Waals surface area (Å²) in [7, 11) is 0. The van der Waals surface area contributed by atoms with Gasteiger partial charge >= 0.3 is 17.6 Å². The lowest BCUT2D eigenvalue weighted by molar-refractivity contribution is -0.385. The number of aliphatic carboxylic acids is 2. The number of nitro groups is 1. The Bertz CT molecular complexity index is 1200. The first-order valence-electron chi connectivity index (χ1n) is 9.56. The van der Waals surface area contributed by atoms with E-state index < -0.39 is 16.9 Å². The van der Waals surface area contributed by atoms with Gasteiger partial charge in [-0.2, -0.15) is 0 Å². The lowest BCUT2D eigenvalue weighted by Crippen LogP contribution is -2.23. The molecule has 3 rings (SSSR count). The van der Waals surface area contributed by atoms with Crippen LogP contribution in [0.25, 0.3) is 10.9 Å². The number of carboxylic acid groups (broad SMARTS) is 2. The number of carboxylic acids is 2. The van der Waals surface area contributed by atoms with Crippen LogP contribution in [0.1, 0.15) is 5.56 Å². The lowest BCUT2D eigenvalue weighted by Gasteiger charge is -2.09. The highest BCUT2D eigenvalue weighted by Gasteiger charge is 2.14. The topological polar surface area (TPSA) is 171 Å². The smallest absolute Gasteiger partial charge is 0.414 e. The van der Waals surface area contributed by atoms with Crippen molar-refractivity contribution in [3.05, 3.63) is 74.8 Å². The van der Waals surface area contributed by atoms with E-state index in [9.17, 15) is 14.9 Å². The van der Waals surface area contributed by atoms with Crippen molar-refractivity contribution in [3.63, 3.8) is 0 Å². The summed E-state index contributed by atoms with van der Waals surface area (Å²) in [5.41, 5.74) is 1.27. The second-order valence-corrected chi connectivity index (χ2v) is 6.56. The Kier molecular flexibility index (Phi) is 9.00. The molecule has 33 heavy (non-hydrogen) atoms. The van der Waals surface area contributed by atoms with Crippen LogP contribution in [0.15, 0.2) is 53.6 Å². The molecule has 0 aliphatic rings. The second kappa shape index (κ2) is 11.9. The summed E-state index contributed by atoms with van der Waals surface area (Å²) >= 11 is 0. The Labute approximate surface area is 186 Å². The number of ether oxygens (including phenoxy) is 2. The van der Waals surface area contributed by atoms with Crippen molar-refractivity contribution in [2.24, 2.45) is 0 Å². The van der Waals surface area contributed by atoms with Gasteiger partial charge < -0.3 is 19.7 Å². The highest BCUT2D eigenvalue weighted by Crippen LogP contribution is 2.27. The molecule has 2 N–H and O–H groups in total. The van der Waals surface area contributed by atoms with E-state index in [1.807, 2.05) is 6.07 Å². The van der Waals surface area contributed by atoms with Crippen LogP contribution in [0, 0.1) is 17.0 Å². The molecule has 0 atom stereocenters. The number of nitro benzene ring substituents is 1. The van der Waals surface area contributed by atoms with Crippen molar-refractivity contribution in [3.8, 4) is 5.75 Å². The largest absolute Gasteiger partial charge is 0.484 e. The monoisotopic (exact) mass is 459 g/mol. The van der Waals surface area contributed by atoms with E-state index in [1.165, 1.54) is 17.0 Å². The first-order chi connectivity index (χ1) is 15.7. The fraction of sp³-hybridized carbons (Fsp3) is 0.238. The molecule has 0 saturated carbocycles. The maximum Gasteiger partial charge on any atom is 0.414 e. The first kappa shape index (κ1) is 24.9. The second-order valence-electron chi connectivity index (χ2n) is 6.56. The summed E-state index contributed by atoms with van der Waals surface area (Å²) < 4.78 is 12.4. The zero-order chi connectivity index (χ0) is 24.4. The number of rotatable bonds is 8. The number of carbonyl (C=O) groups is 2. The molecule has 0 fully saturated rings. The summed E-state index contributed by atoms with van der Waals surface area (Å²) in [6, 6.07) is 12.0. The summed E-state index contributed by atoms with van der Waals surface area (Å²) in [4.78, 5) is 45.4. The van der Waals surface area contributed by atoms with Gasteiger partial charge in [-0.3, -0.25) is 19.5 Å². The SMILES string of the molecule is Cc1ccc(OCCOCCn2cnc3ccccc3c2=O)c([N+](=O)[O-])c1.O=C(O)C(=O)O. The molecule has 0 radical (unpaired) electrons. The molecule has 0 bridgehead atoms. The number of nitrogens with zero attached hydrogens (tertiary/aromatic N) is 3. The summed E-state index contributed by atoms with van der Waals surface area (Å²) in [6.07, 6.45) is 1.50. The summed E-state index contributed by atoms with van der Waals surface area (Å²) in [6.45, 7) is 2.87. The van der Waals surface area contributed by atoms with Gasteiger partial charge in [0.05, 0.1) is 41.9 Å². The van der Waals surface area contributed by atoms with Crippen LogP contribution in [0.4, 0.5) is 5.69 Å². The highest BCUT2D eigenvalue weighted by molar-refractivity contribution is 6.27. The standard InChI is InChI=1S/C19H19N3O5.C2H2O4/c1-14-6-7-18(17(12-14)22(24)25)27-11-10-26-9-8-21-13-20-16-5-3-2-4-15(16)19(21)23;3-1(4)2(5)6/h2-7,12-13H,8-11H2,1H3;(H,3,4)(H,5,6). The predicted molar refractivity (Wildman–Crippen MR) is 115 cm³/mol. The van der Waals surface area contributed by atoms with Gasteiger partial charge in [-0.05, 0) is 30.7 Å². The normalized spacial score (nSPS) is 10.2.